The lowest BCUT2D eigenvalue weighted by atomic mass is 9.85. The van der Waals surface area contributed by atoms with Gasteiger partial charge in [0.2, 0.25) is 27.4 Å². The third kappa shape index (κ3) is 19.5. The summed E-state index contributed by atoms with van der Waals surface area (Å²) in [5.74, 6) is -2.08. The number of fused-ring (bicyclic) bond motifs is 2. The largest absolute Gasteiger partial charge is 0.465 e. The molecule has 2 aliphatic heterocycles. The molecule has 0 saturated carbocycles. The molecule has 4 aromatic carbocycles. The lowest BCUT2D eigenvalue weighted by molar-refractivity contribution is -0.144. The topological polar surface area (TPSA) is 218 Å². The van der Waals surface area contributed by atoms with Crippen molar-refractivity contribution in [2.24, 2.45) is 0 Å². The quantitative estimate of drug-likeness (QED) is 0.0410. The van der Waals surface area contributed by atoms with E-state index >= 15 is 0 Å². The summed E-state index contributed by atoms with van der Waals surface area (Å²) in [7, 11) is -12.9. The predicted molar refractivity (Wildman–Crippen MR) is 302 cm³/mol. The van der Waals surface area contributed by atoms with Crippen LogP contribution in [0, 0.1) is 0 Å². The van der Waals surface area contributed by atoms with Crippen LogP contribution in [0.1, 0.15) is 66.0 Å². The van der Waals surface area contributed by atoms with Crippen LogP contribution in [-0.2, 0) is 65.9 Å². The SMILES string of the molecule is CCOC(=O)CN(CP(=O)(O)O)S(=O)(=O)c1cccc(C2CN(C)Cc3c(Cl)cc(Cl)cc32)c1.CCOC(=O)CN(CP(C)(=O)OCC)S(=O)(=O)c1cccc(C2CN(C)Cc3c(Cl)cc(Cl)cc32)c1.C[Si](C)(C)Br. The summed E-state index contributed by atoms with van der Waals surface area (Å²) in [4.78, 5) is 46.9. The van der Waals surface area contributed by atoms with E-state index in [1.807, 2.05) is 32.3 Å². The number of halogens is 5. The average Bonchev–Trinajstić information content (AvgIpc) is 3.28. The molecular weight excluding hydrogens is 1220 g/mol. The lowest BCUT2D eigenvalue weighted by Gasteiger charge is -2.33. The Balaban J connectivity index is 0.000000298. The number of carbonyl (C=O) groups is 2. The van der Waals surface area contributed by atoms with Crippen molar-refractivity contribution in [2.45, 2.75) is 75.1 Å². The Bertz CT molecular complexity index is 3010. The van der Waals surface area contributed by atoms with Gasteiger partial charge in [-0.05, 0) is 117 Å². The summed E-state index contributed by atoms with van der Waals surface area (Å²) in [6.45, 7) is 13.4. The van der Waals surface area contributed by atoms with Gasteiger partial charge in [-0.2, -0.15) is 8.61 Å². The number of sulfonamides is 2. The first-order valence-electron chi connectivity index (χ1n) is 23.5. The number of rotatable bonds is 18. The van der Waals surface area contributed by atoms with Gasteiger partial charge in [-0.25, -0.2) is 16.8 Å². The van der Waals surface area contributed by atoms with E-state index in [-0.39, 0.29) is 41.4 Å². The van der Waals surface area contributed by atoms with E-state index in [1.165, 1.54) is 24.9 Å². The Kier molecular flexibility index (Phi) is 24.2. The van der Waals surface area contributed by atoms with Crippen molar-refractivity contribution < 1.29 is 59.3 Å². The Morgan fingerprint density at radius 1 is 0.680 bits per heavy atom. The van der Waals surface area contributed by atoms with Crippen molar-refractivity contribution in [1.82, 2.24) is 18.4 Å². The van der Waals surface area contributed by atoms with Gasteiger partial charge < -0.3 is 33.6 Å². The van der Waals surface area contributed by atoms with Crippen LogP contribution >= 0.6 is 76.7 Å². The highest BCUT2D eigenvalue weighted by Crippen LogP contribution is 2.45. The van der Waals surface area contributed by atoms with Gasteiger partial charge in [-0.15, -0.1) is 15.3 Å². The van der Waals surface area contributed by atoms with E-state index in [0.29, 0.717) is 56.1 Å². The molecule has 416 valence electrons. The van der Waals surface area contributed by atoms with E-state index in [1.54, 1.807) is 57.2 Å². The molecule has 0 spiro atoms. The second-order valence-corrected chi connectivity index (χ2v) is 39.9. The van der Waals surface area contributed by atoms with Crippen molar-refractivity contribution in [3.8, 4) is 0 Å². The molecule has 0 aromatic heterocycles. The van der Waals surface area contributed by atoms with E-state index in [2.05, 4.69) is 44.7 Å². The van der Waals surface area contributed by atoms with Gasteiger partial charge in [0, 0.05) is 64.8 Å². The summed E-state index contributed by atoms with van der Waals surface area (Å²) < 4.78 is 94.9. The van der Waals surface area contributed by atoms with Crippen LogP contribution in [-0.4, -0.2) is 143 Å². The van der Waals surface area contributed by atoms with Crippen LogP contribution in [0.2, 0.25) is 39.7 Å². The fraction of sp³-hybridized carbons (Fsp3) is 0.458. The molecule has 2 heterocycles. The zero-order valence-corrected chi connectivity index (χ0v) is 52.2. The fourth-order valence-electron chi connectivity index (χ4n) is 8.27. The zero-order valence-electron chi connectivity index (χ0n) is 43.1. The highest BCUT2D eigenvalue weighted by atomic mass is 79.9. The summed E-state index contributed by atoms with van der Waals surface area (Å²) in [6.07, 6.45) is -1.61. The van der Waals surface area contributed by atoms with E-state index in [0.717, 1.165) is 32.1 Å². The van der Waals surface area contributed by atoms with Crippen LogP contribution in [0.3, 0.4) is 0 Å². The van der Waals surface area contributed by atoms with E-state index < -0.39 is 79.3 Å². The van der Waals surface area contributed by atoms with Crippen molar-refractivity contribution in [3.63, 3.8) is 0 Å². The van der Waals surface area contributed by atoms with Gasteiger partial charge in [0.1, 0.15) is 26.1 Å². The number of nitrogens with zero attached hydrogens (tertiary/aromatic N) is 4. The van der Waals surface area contributed by atoms with E-state index in [9.17, 15) is 45.3 Å². The summed E-state index contributed by atoms with van der Waals surface area (Å²) in [6, 6.07) is 19.6. The first-order chi connectivity index (χ1) is 34.7. The van der Waals surface area contributed by atoms with Crippen molar-refractivity contribution >= 4 is 115 Å². The smallest absolute Gasteiger partial charge is 0.340 e. The average molecular weight is 1280 g/mol. The summed E-state index contributed by atoms with van der Waals surface area (Å²) in [5.41, 5.74) is 5.06. The number of benzene rings is 4. The molecule has 0 bridgehead atoms. The molecule has 0 amide bonds. The second kappa shape index (κ2) is 27.8. The third-order valence-electron chi connectivity index (χ3n) is 11.2. The first kappa shape index (κ1) is 65.3. The lowest BCUT2D eigenvalue weighted by Crippen LogP contribution is -2.37. The van der Waals surface area contributed by atoms with Gasteiger partial charge in [0.05, 0.1) is 35.9 Å². The second-order valence-electron chi connectivity index (χ2n) is 18.8. The Morgan fingerprint density at radius 3 is 1.40 bits per heavy atom. The molecular formula is C48H65BrCl4N4O13P2S2Si. The molecule has 4 aromatic rings. The first-order valence-corrected chi connectivity index (χ1v) is 37.7. The normalized spacial score (nSPS) is 17.1. The van der Waals surface area contributed by atoms with Gasteiger partial charge >= 0.3 is 19.5 Å². The maximum Gasteiger partial charge on any atom is 0.340 e. The molecule has 6 rings (SSSR count). The molecule has 2 aliphatic rings. The number of esters is 2. The summed E-state index contributed by atoms with van der Waals surface area (Å²) in [5, 5.41) is 2.05. The monoisotopic (exact) mass is 1280 g/mol. The molecule has 75 heavy (non-hydrogen) atoms. The van der Waals surface area contributed by atoms with E-state index in [4.69, 9.17) is 60.4 Å². The number of carbonyl (C=O) groups excluding carboxylic acids is 2. The molecule has 0 fully saturated rings. The predicted octanol–water partition coefficient (Wildman–Crippen LogP) is 10.5. The third-order valence-corrected chi connectivity index (χ3v) is 18.6. The minimum absolute atomic E-state index is 0.00214. The molecule has 17 nitrogen and oxygen atoms in total. The Labute approximate surface area is 470 Å². The maximum absolute atomic E-state index is 13.7. The molecule has 2 N–H and O–H groups in total. The molecule has 3 atom stereocenters. The molecule has 0 aliphatic carbocycles. The Hall–Kier alpha value is -2.24. The molecule has 27 heteroatoms. The zero-order chi connectivity index (χ0) is 56.4. The number of hydrogen-bond donors (Lipinski definition) is 2. The van der Waals surface area contributed by atoms with Crippen LogP contribution in [0.4, 0.5) is 0 Å². The highest BCUT2D eigenvalue weighted by Gasteiger charge is 2.36. The standard InChI is InChI=1S/C24H31Cl2N2O6PS.C21H25Cl2N2O7PS.C3H9BrSi/c1-5-33-24(29)15-28(16-35(4,30)34-6-2)36(31,32)19-9-7-8-17(10-19)21-13-27(3)14-22-20(21)11-18(25)12-23(22)26;1-3-32-21(26)12-25(13-33(27,28)29)34(30,31)16-6-4-5-14(7-16)18-10-24(2)11-19-17(18)8-15(22)9-20(19)23;1-5(2,3)4/h7-12,21H,5-6,13-16H2,1-4H3;4-9,18H,3,10-13H2,1-2H3,(H2,27,28,29);1-3H3. The van der Waals surface area contributed by atoms with Crippen LogP contribution in [0.25, 0.3) is 0 Å². The number of likely N-dealkylation sites (N-methyl/N-ethyl adjacent to an activating group) is 2. The van der Waals surface area contributed by atoms with Gasteiger partial charge in [0.25, 0.3) is 0 Å². The van der Waals surface area contributed by atoms with Gasteiger partial charge in [-0.3, -0.25) is 18.7 Å². The minimum Gasteiger partial charge on any atom is -0.465 e. The number of hydrogen-bond acceptors (Lipinski definition) is 13. The van der Waals surface area contributed by atoms with Gasteiger partial charge in [-0.1, -0.05) is 90.3 Å². The number of ether oxygens (including phenoxy) is 2. The van der Waals surface area contributed by atoms with Crippen LogP contribution in [0.5, 0.6) is 0 Å². The highest BCUT2D eigenvalue weighted by molar-refractivity contribution is 9.26. The molecule has 0 saturated heterocycles. The Morgan fingerprint density at radius 2 is 1.05 bits per heavy atom. The van der Waals surface area contributed by atoms with Gasteiger partial charge in [0.15, 0.2) is 0 Å². The van der Waals surface area contributed by atoms with Crippen molar-refractivity contribution in [2.75, 3.05) is 79.3 Å². The van der Waals surface area contributed by atoms with Crippen molar-refractivity contribution in [1.29, 1.82) is 0 Å². The fourth-order valence-corrected chi connectivity index (χ4v) is 15.7. The van der Waals surface area contributed by atoms with Crippen molar-refractivity contribution in [3.05, 3.63) is 126 Å². The summed E-state index contributed by atoms with van der Waals surface area (Å²) >= 11 is 28.9. The maximum atomic E-state index is 13.7. The molecule has 0 radical (unpaired) electrons. The van der Waals surface area contributed by atoms with Crippen LogP contribution in [0.15, 0.2) is 82.6 Å². The molecule has 3 unspecified atom stereocenters. The minimum atomic E-state index is -4.81. The van der Waals surface area contributed by atoms with Crippen LogP contribution < -0.4 is 0 Å².